The number of ether oxygens (including phenoxy) is 2. The summed E-state index contributed by atoms with van der Waals surface area (Å²) in [6, 6.07) is 5.62. The molecule has 0 aliphatic rings. The van der Waals surface area contributed by atoms with Crippen LogP contribution >= 0.6 is 15.9 Å². The van der Waals surface area contributed by atoms with Crippen molar-refractivity contribution in [3.05, 3.63) is 28.5 Å². The molecule has 90 valence electrons. The first-order valence-corrected chi connectivity index (χ1v) is 5.66. The molecular formula is C10H11BrN4O2. The molecule has 2 aromatic rings. The second kappa shape index (κ2) is 5.13. The highest BCUT2D eigenvalue weighted by molar-refractivity contribution is 9.10. The van der Waals surface area contributed by atoms with E-state index in [4.69, 9.17) is 9.47 Å². The lowest BCUT2D eigenvalue weighted by atomic mass is 10.2. The molecule has 0 bridgehead atoms. The van der Waals surface area contributed by atoms with Crippen molar-refractivity contribution in [2.45, 2.75) is 6.54 Å². The van der Waals surface area contributed by atoms with Gasteiger partial charge in [-0.3, -0.25) is 0 Å². The molecule has 0 saturated heterocycles. The summed E-state index contributed by atoms with van der Waals surface area (Å²) in [5.41, 5.74) is 0.973. The van der Waals surface area contributed by atoms with E-state index in [9.17, 15) is 0 Å². The van der Waals surface area contributed by atoms with Crippen LogP contribution in [0.3, 0.4) is 0 Å². The Morgan fingerprint density at radius 2 is 2.12 bits per heavy atom. The van der Waals surface area contributed by atoms with Crippen molar-refractivity contribution >= 4 is 15.9 Å². The maximum atomic E-state index is 5.30. The third-order valence-electron chi connectivity index (χ3n) is 2.30. The number of tetrazole rings is 1. The van der Waals surface area contributed by atoms with E-state index in [2.05, 4.69) is 31.5 Å². The Bertz CT molecular complexity index is 515. The molecule has 0 N–H and O–H groups in total. The van der Waals surface area contributed by atoms with Crippen LogP contribution in [0.5, 0.6) is 11.5 Å². The van der Waals surface area contributed by atoms with Crippen molar-refractivity contribution in [1.29, 1.82) is 0 Å². The van der Waals surface area contributed by atoms with Crippen LogP contribution in [0, 0.1) is 0 Å². The molecule has 0 unspecified atom stereocenters. The van der Waals surface area contributed by atoms with Crippen molar-refractivity contribution in [2.24, 2.45) is 0 Å². The third-order valence-corrected chi connectivity index (χ3v) is 2.87. The molecule has 0 aliphatic carbocycles. The van der Waals surface area contributed by atoms with Crippen molar-refractivity contribution in [1.82, 2.24) is 20.2 Å². The second-order valence-electron chi connectivity index (χ2n) is 3.28. The summed E-state index contributed by atoms with van der Waals surface area (Å²) in [5, 5.41) is 11.2. The van der Waals surface area contributed by atoms with Crippen molar-refractivity contribution < 1.29 is 9.47 Å². The van der Waals surface area contributed by atoms with Crippen LogP contribution in [-0.4, -0.2) is 34.4 Å². The molecule has 0 aliphatic heterocycles. The maximum absolute atomic E-state index is 5.30. The van der Waals surface area contributed by atoms with E-state index in [1.807, 2.05) is 18.2 Å². The fourth-order valence-electron chi connectivity index (χ4n) is 1.43. The molecule has 17 heavy (non-hydrogen) atoms. The predicted octanol–water partition coefficient (Wildman–Crippen LogP) is 1.50. The van der Waals surface area contributed by atoms with Gasteiger partial charge in [-0.1, -0.05) is 0 Å². The molecule has 2 rings (SSSR count). The fraction of sp³-hybridized carbons (Fsp3) is 0.300. The fourth-order valence-corrected chi connectivity index (χ4v) is 1.70. The first-order valence-electron chi connectivity index (χ1n) is 4.87. The van der Waals surface area contributed by atoms with Crippen molar-refractivity contribution in [3.63, 3.8) is 0 Å². The Hall–Kier alpha value is -1.63. The van der Waals surface area contributed by atoms with E-state index < -0.39 is 0 Å². The lowest BCUT2D eigenvalue weighted by Crippen LogP contribution is -2.04. The normalized spacial score (nSPS) is 10.3. The topological polar surface area (TPSA) is 62.1 Å². The van der Waals surface area contributed by atoms with Crippen LogP contribution in [0.1, 0.15) is 5.56 Å². The minimum atomic E-state index is 0.529. The van der Waals surface area contributed by atoms with Gasteiger partial charge in [0.1, 0.15) is 11.5 Å². The number of hydrogen-bond donors (Lipinski definition) is 0. The zero-order valence-electron chi connectivity index (χ0n) is 9.42. The van der Waals surface area contributed by atoms with Crippen LogP contribution in [-0.2, 0) is 6.54 Å². The van der Waals surface area contributed by atoms with Crippen molar-refractivity contribution in [2.75, 3.05) is 14.2 Å². The molecule has 1 aromatic carbocycles. The smallest absolute Gasteiger partial charge is 0.218 e. The summed E-state index contributed by atoms with van der Waals surface area (Å²) in [4.78, 5) is 0. The Kier molecular flexibility index (Phi) is 3.58. The van der Waals surface area contributed by atoms with E-state index in [0.29, 0.717) is 11.3 Å². The summed E-state index contributed by atoms with van der Waals surface area (Å²) in [6.45, 7) is 0.529. The molecule has 6 nitrogen and oxygen atoms in total. The maximum Gasteiger partial charge on any atom is 0.218 e. The van der Waals surface area contributed by atoms with Crippen LogP contribution in [0.2, 0.25) is 0 Å². The van der Waals surface area contributed by atoms with Gasteiger partial charge in [0.2, 0.25) is 4.73 Å². The number of aromatic nitrogens is 4. The Morgan fingerprint density at radius 1 is 1.29 bits per heavy atom. The molecular weight excluding hydrogens is 288 g/mol. The van der Waals surface area contributed by atoms with Gasteiger partial charge >= 0.3 is 0 Å². The van der Waals surface area contributed by atoms with Crippen LogP contribution < -0.4 is 9.47 Å². The van der Waals surface area contributed by atoms with Crippen molar-refractivity contribution in [3.8, 4) is 11.5 Å². The Morgan fingerprint density at radius 3 is 2.71 bits per heavy atom. The number of rotatable bonds is 4. The summed E-state index contributed by atoms with van der Waals surface area (Å²) in [7, 11) is 3.24. The molecule has 0 amide bonds. The summed E-state index contributed by atoms with van der Waals surface area (Å²) < 4.78 is 12.6. The zero-order chi connectivity index (χ0) is 12.3. The van der Waals surface area contributed by atoms with Gasteiger partial charge in [-0.05, 0) is 38.5 Å². The number of benzene rings is 1. The first kappa shape index (κ1) is 11.8. The first-order chi connectivity index (χ1) is 8.24. The molecule has 7 heteroatoms. The van der Waals surface area contributed by atoms with Gasteiger partial charge in [-0.15, -0.1) is 5.10 Å². The van der Waals surface area contributed by atoms with Gasteiger partial charge in [0.25, 0.3) is 0 Å². The van der Waals surface area contributed by atoms with E-state index >= 15 is 0 Å². The third kappa shape index (κ3) is 2.55. The van der Waals surface area contributed by atoms with Crippen LogP contribution in [0.25, 0.3) is 0 Å². The summed E-state index contributed by atoms with van der Waals surface area (Å²) in [6.07, 6.45) is 0. The van der Waals surface area contributed by atoms with E-state index in [0.717, 1.165) is 17.1 Å². The second-order valence-corrected chi connectivity index (χ2v) is 3.99. The highest BCUT2D eigenvalue weighted by Gasteiger charge is 2.08. The average Bonchev–Trinajstić information content (AvgIpc) is 2.75. The van der Waals surface area contributed by atoms with E-state index in [1.165, 1.54) is 0 Å². The molecule has 0 spiro atoms. The van der Waals surface area contributed by atoms with E-state index in [1.54, 1.807) is 18.9 Å². The van der Waals surface area contributed by atoms with Gasteiger partial charge in [-0.2, -0.15) is 0 Å². The lowest BCUT2D eigenvalue weighted by Gasteiger charge is -2.10. The summed E-state index contributed by atoms with van der Waals surface area (Å²) in [5.74, 6) is 1.49. The standard InChI is InChI=1S/C10H11BrN4O2/c1-16-8-4-3-7(9(5-8)17-2)6-15-10(11)12-13-14-15/h3-5H,6H2,1-2H3. The molecule has 1 heterocycles. The lowest BCUT2D eigenvalue weighted by molar-refractivity contribution is 0.389. The number of halogens is 1. The Labute approximate surface area is 107 Å². The molecule has 0 radical (unpaired) electrons. The predicted molar refractivity (Wildman–Crippen MR) is 64.2 cm³/mol. The van der Waals surface area contributed by atoms with E-state index in [-0.39, 0.29) is 0 Å². The van der Waals surface area contributed by atoms with Gasteiger partial charge in [-0.25, -0.2) is 4.68 Å². The SMILES string of the molecule is COc1ccc(Cn2nnnc2Br)c(OC)c1. The molecule has 0 saturated carbocycles. The van der Waals surface area contributed by atoms with Gasteiger partial charge in [0.15, 0.2) is 0 Å². The highest BCUT2D eigenvalue weighted by Crippen LogP contribution is 2.25. The minimum Gasteiger partial charge on any atom is -0.497 e. The van der Waals surface area contributed by atoms with Gasteiger partial charge < -0.3 is 9.47 Å². The highest BCUT2D eigenvalue weighted by atomic mass is 79.9. The molecule has 1 aromatic heterocycles. The van der Waals surface area contributed by atoms with Crippen LogP contribution in [0.15, 0.2) is 22.9 Å². The van der Waals surface area contributed by atoms with Gasteiger partial charge in [0, 0.05) is 11.6 Å². The largest absolute Gasteiger partial charge is 0.497 e. The number of hydrogen-bond acceptors (Lipinski definition) is 5. The summed E-state index contributed by atoms with van der Waals surface area (Å²) >= 11 is 3.26. The molecule has 0 fully saturated rings. The van der Waals surface area contributed by atoms with Gasteiger partial charge in [0.05, 0.1) is 20.8 Å². The molecule has 0 atom stereocenters. The Balaban J connectivity index is 2.29. The number of nitrogens with zero attached hydrogens (tertiary/aromatic N) is 4. The minimum absolute atomic E-state index is 0.529. The van der Waals surface area contributed by atoms with Crippen LogP contribution in [0.4, 0.5) is 0 Å². The zero-order valence-corrected chi connectivity index (χ0v) is 11.0. The quantitative estimate of drug-likeness (QED) is 0.856. The monoisotopic (exact) mass is 298 g/mol. The average molecular weight is 299 g/mol. The number of methoxy groups -OCH3 is 2.